The van der Waals surface area contributed by atoms with Crippen LogP contribution in [0.5, 0.6) is 0 Å². The molecule has 0 aliphatic carbocycles. The number of fused-ring (bicyclic) bond motifs is 2. The van der Waals surface area contributed by atoms with Crippen LogP contribution in [0, 0.1) is 0 Å². The molecule has 132 valence electrons. The lowest BCUT2D eigenvalue weighted by molar-refractivity contribution is 0.795. The Balaban J connectivity index is 1.80. The molecule has 0 saturated carbocycles. The van der Waals surface area contributed by atoms with Crippen molar-refractivity contribution in [2.24, 2.45) is 0 Å². The van der Waals surface area contributed by atoms with Crippen LogP contribution in [0.4, 0.5) is 28.4 Å². The van der Waals surface area contributed by atoms with Gasteiger partial charge in [0.1, 0.15) is 0 Å². The average molecular weight is 472 g/mol. The van der Waals surface area contributed by atoms with E-state index >= 15 is 0 Å². The molecule has 4 rings (SSSR count). The first-order chi connectivity index (χ1) is 12.7. The van der Waals surface area contributed by atoms with Gasteiger partial charge < -0.3 is 10.2 Å². The zero-order chi connectivity index (χ0) is 18.1. The quantitative estimate of drug-likeness (QED) is 0.323. The van der Waals surface area contributed by atoms with Crippen molar-refractivity contribution < 1.29 is 0 Å². The number of unbranched alkanes of at least 4 members (excludes halogenated alkanes) is 1. The number of halogens is 2. The van der Waals surface area contributed by atoms with Crippen LogP contribution in [0.25, 0.3) is 0 Å². The predicted molar refractivity (Wildman–Crippen MR) is 118 cm³/mol. The van der Waals surface area contributed by atoms with Crippen molar-refractivity contribution in [1.82, 2.24) is 0 Å². The molecule has 1 aliphatic rings. The first kappa shape index (κ1) is 17.6. The Morgan fingerprint density at radius 1 is 0.808 bits per heavy atom. The van der Waals surface area contributed by atoms with Gasteiger partial charge in [-0.3, -0.25) is 0 Å². The van der Waals surface area contributed by atoms with Crippen molar-refractivity contribution in [3.63, 3.8) is 0 Å². The van der Waals surface area contributed by atoms with E-state index in [1.807, 2.05) is 0 Å². The van der Waals surface area contributed by atoms with E-state index in [0.717, 1.165) is 38.1 Å². The lowest BCUT2D eigenvalue weighted by atomic mass is 10.1. The number of nitrogens with one attached hydrogen (secondary N) is 1. The zero-order valence-electron chi connectivity index (χ0n) is 14.6. The van der Waals surface area contributed by atoms with Gasteiger partial charge in [-0.1, -0.05) is 57.3 Å². The van der Waals surface area contributed by atoms with Gasteiger partial charge in [0.2, 0.25) is 0 Å². The van der Waals surface area contributed by atoms with Crippen molar-refractivity contribution >= 4 is 60.3 Å². The molecule has 0 unspecified atom stereocenters. The SMILES string of the molecule is CCCCc1ccc(N2c3ccc(Br)cc3Nc3cc(Br)ccc32)cc1. The molecule has 0 saturated heterocycles. The minimum absolute atomic E-state index is 1.07. The van der Waals surface area contributed by atoms with Crippen LogP contribution in [0.3, 0.4) is 0 Å². The van der Waals surface area contributed by atoms with Crippen molar-refractivity contribution in [2.45, 2.75) is 26.2 Å². The van der Waals surface area contributed by atoms with E-state index in [1.165, 1.54) is 24.1 Å². The standard InChI is InChI=1S/C22H20Br2N2/c1-2-3-4-15-5-9-18(10-6-15)26-21-11-7-16(23)13-19(21)25-20-14-17(24)8-12-22(20)26/h5-14,25H,2-4H2,1H3. The van der Waals surface area contributed by atoms with Gasteiger partial charge in [-0.25, -0.2) is 0 Å². The Morgan fingerprint density at radius 3 is 1.92 bits per heavy atom. The van der Waals surface area contributed by atoms with Gasteiger partial charge in [-0.2, -0.15) is 0 Å². The second-order valence-corrected chi connectivity index (χ2v) is 8.38. The minimum atomic E-state index is 1.07. The minimum Gasteiger partial charge on any atom is -0.352 e. The molecule has 1 aliphatic heterocycles. The lowest BCUT2D eigenvalue weighted by Gasteiger charge is -2.34. The Hall–Kier alpha value is -1.78. The Kier molecular flexibility index (Phi) is 5.05. The van der Waals surface area contributed by atoms with E-state index in [9.17, 15) is 0 Å². The summed E-state index contributed by atoms with van der Waals surface area (Å²) < 4.78 is 2.13. The summed E-state index contributed by atoms with van der Waals surface area (Å²) in [6.45, 7) is 2.24. The molecule has 1 heterocycles. The Morgan fingerprint density at radius 2 is 1.38 bits per heavy atom. The zero-order valence-corrected chi connectivity index (χ0v) is 17.8. The summed E-state index contributed by atoms with van der Waals surface area (Å²) in [6, 6.07) is 21.7. The Labute approximate surface area is 171 Å². The molecule has 26 heavy (non-hydrogen) atoms. The van der Waals surface area contributed by atoms with Crippen LogP contribution in [0.15, 0.2) is 69.6 Å². The summed E-state index contributed by atoms with van der Waals surface area (Å²) in [4.78, 5) is 2.32. The fourth-order valence-corrected chi connectivity index (χ4v) is 4.07. The maximum Gasteiger partial charge on any atom is 0.0698 e. The molecule has 2 nitrogen and oxygen atoms in total. The molecule has 0 fully saturated rings. The number of benzene rings is 3. The second kappa shape index (κ2) is 7.45. The lowest BCUT2D eigenvalue weighted by Crippen LogP contribution is -2.17. The predicted octanol–water partition coefficient (Wildman–Crippen LogP) is 8.08. The molecule has 3 aromatic carbocycles. The van der Waals surface area contributed by atoms with E-state index in [-0.39, 0.29) is 0 Å². The van der Waals surface area contributed by atoms with Crippen LogP contribution in [0.1, 0.15) is 25.3 Å². The second-order valence-electron chi connectivity index (χ2n) is 6.55. The summed E-state index contributed by atoms with van der Waals surface area (Å²) in [5.41, 5.74) is 7.09. The monoisotopic (exact) mass is 470 g/mol. The maximum absolute atomic E-state index is 3.59. The van der Waals surface area contributed by atoms with Crippen molar-refractivity contribution in [3.8, 4) is 0 Å². The maximum atomic E-state index is 3.59. The van der Waals surface area contributed by atoms with E-state index in [0.29, 0.717) is 0 Å². The number of aryl methyl sites for hydroxylation is 1. The fourth-order valence-electron chi connectivity index (χ4n) is 3.35. The van der Waals surface area contributed by atoms with Crippen LogP contribution in [-0.2, 0) is 6.42 Å². The topological polar surface area (TPSA) is 15.3 Å². The first-order valence-corrected chi connectivity index (χ1v) is 10.5. The van der Waals surface area contributed by atoms with Crippen LogP contribution < -0.4 is 10.2 Å². The summed E-state index contributed by atoms with van der Waals surface area (Å²) in [5.74, 6) is 0. The molecule has 0 bridgehead atoms. The molecule has 0 atom stereocenters. The summed E-state index contributed by atoms with van der Waals surface area (Å²) in [6.07, 6.45) is 3.61. The van der Waals surface area contributed by atoms with Crippen LogP contribution >= 0.6 is 31.9 Å². The molecular weight excluding hydrogens is 452 g/mol. The van der Waals surface area contributed by atoms with Gasteiger partial charge in [0.25, 0.3) is 0 Å². The van der Waals surface area contributed by atoms with E-state index in [1.54, 1.807) is 0 Å². The van der Waals surface area contributed by atoms with Gasteiger partial charge in [-0.15, -0.1) is 0 Å². The molecule has 0 spiro atoms. The number of nitrogens with zero attached hydrogens (tertiary/aromatic N) is 1. The highest BCUT2D eigenvalue weighted by Gasteiger charge is 2.24. The smallest absolute Gasteiger partial charge is 0.0698 e. The molecule has 0 aromatic heterocycles. The number of hydrogen-bond donors (Lipinski definition) is 1. The van der Waals surface area contributed by atoms with Gasteiger partial charge in [0.15, 0.2) is 0 Å². The van der Waals surface area contributed by atoms with Gasteiger partial charge >= 0.3 is 0 Å². The molecular formula is C22H20Br2N2. The summed E-state index contributed by atoms with van der Waals surface area (Å²) >= 11 is 7.17. The van der Waals surface area contributed by atoms with Gasteiger partial charge in [0, 0.05) is 14.6 Å². The molecule has 1 N–H and O–H groups in total. The average Bonchev–Trinajstić information content (AvgIpc) is 2.64. The number of anilines is 5. The number of rotatable bonds is 4. The highest BCUT2D eigenvalue weighted by atomic mass is 79.9. The Bertz CT molecular complexity index is 884. The fraction of sp³-hybridized carbons (Fsp3) is 0.182. The normalized spacial score (nSPS) is 12.3. The van der Waals surface area contributed by atoms with Crippen molar-refractivity contribution in [1.29, 1.82) is 0 Å². The third kappa shape index (κ3) is 3.40. The molecule has 4 heteroatoms. The van der Waals surface area contributed by atoms with Crippen molar-refractivity contribution in [3.05, 3.63) is 75.2 Å². The van der Waals surface area contributed by atoms with Crippen molar-refractivity contribution in [2.75, 3.05) is 10.2 Å². The third-order valence-electron chi connectivity index (χ3n) is 4.68. The highest BCUT2D eigenvalue weighted by molar-refractivity contribution is 9.10. The van der Waals surface area contributed by atoms with Gasteiger partial charge in [0.05, 0.1) is 22.7 Å². The van der Waals surface area contributed by atoms with Crippen LogP contribution in [-0.4, -0.2) is 0 Å². The largest absolute Gasteiger partial charge is 0.352 e. The molecule has 0 radical (unpaired) electrons. The van der Waals surface area contributed by atoms with E-state index in [2.05, 4.69) is 110 Å². The van der Waals surface area contributed by atoms with E-state index < -0.39 is 0 Å². The van der Waals surface area contributed by atoms with Crippen LogP contribution in [0.2, 0.25) is 0 Å². The highest BCUT2D eigenvalue weighted by Crippen LogP contribution is 2.49. The summed E-state index contributed by atoms with van der Waals surface area (Å²) in [5, 5.41) is 3.56. The summed E-state index contributed by atoms with van der Waals surface area (Å²) in [7, 11) is 0. The molecule has 0 amide bonds. The number of hydrogen-bond acceptors (Lipinski definition) is 2. The van der Waals surface area contributed by atoms with Gasteiger partial charge in [-0.05, 0) is 66.9 Å². The first-order valence-electron chi connectivity index (χ1n) is 8.91. The third-order valence-corrected chi connectivity index (χ3v) is 5.67. The van der Waals surface area contributed by atoms with E-state index in [4.69, 9.17) is 0 Å². The molecule has 3 aromatic rings.